The fraction of sp³-hybridized carbons (Fsp3) is 0.286. The standard InChI is InChI=1S/C14H18N4S/c1-17(8-7-11-9-16-18(2)10-11)13-6-4-3-5-12(13)14(15)19/h3-6,9-10H,7-8H2,1-2H3,(H2,15,19). The predicted molar refractivity (Wildman–Crippen MR) is 82.5 cm³/mol. The minimum absolute atomic E-state index is 0.434. The van der Waals surface area contributed by atoms with Gasteiger partial charge in [0.1, 0.15) is 4.99 Å². The van der Waals surface area contributed by atoms with Crippen LogP contribution in [0.1, 0.15) is 11.1 Å². The van der Waals surface area contributed by atoms with E-state index >= 15 is 0 Å². The Hall–Kier alpha value is -1.88. The largest absolute Gasteiger partial charge is 0.389 e. The molecule has 0 saturated heterocycles. The highest BCUT2D eigenvalue weighted by Crippen LogP contribution is 2.19. The Kier molecular flexibility index (Phi) is 4.16. The molecule has 4 nitrogen and oxygen atoms in total. The molecule has 0 bridgehead atoms. The van der Waals surface area contributed by atoms with Gasteiger partial charge in [-0.15, -0.1) is 0 Å². The first-order chi connectivity index (χ1) is 9.08. The molecule has 1 aromatic carbocycles. The van der Waals surface area contributed by atoms with E-state index in [9.17, 15) is 0 Å². The second-order valence-corrected chi connectivity index (χ2v) is 5.02. The van der Waals surface area contributed by atoms with Crippen LogP contribution >= 0.6 is 12.2 Å². The third-order valence-corrected chi connectivity index (χ3v) is 3.29. The molecule has 0 aliphatic carbocycles. The van der Waals surface area contributed by atoms with Crippen molar-refractivity contribution in [2.45, 2.75) is 6.42 Å². The Morgan fingerprint density at radius 3 is 2.79 bits per heavy atom. The molecule has 0 saturated carbocycles. The summed E-state index contributed by atoms with van der Waals surface area (Å²) in [5, 5.41) is 4.17. The van der Waals surface area contributed by atoms with Gasteiger partial charge in [0.25, 0.3) is 0 Å². The number of para-hydroxylation sites is 1. The lowest BCUT2D eigenvalue weighted by atomic mass is 10.1. The Bertz CT molecular complexity index is 576. The molecule has 1 heterocycles. The van der Waals surface area contributed by atoms with Crippen molar-refractivity contribution < 1.29 is 0 Å². The number of nitrogens with two attached hydrogens (primary N) is 1. The first-order valence-corrected chi connectivity index (χ1v) is 6.56. The smallest absolute Gasteiger partial charge is 0.106 e. The van der Waals surface area contributed by atoms with E-state index in [0.29, 0.717) is 4.99 Å². The highest BCUT2D eigenvalue weighted by atomic mass is 32.1. The molecule has 0 fully saturated rings. The van der Waals surface area contributed by atoms with Crippen molar-refractivity contribution in [3.05, 3.63) is 47.8 Å². The van der Waals surface area contributed by atoms with Crippen molar-refractivity contribution >= 4 is 22.9 Å². The van der Waals surface area contributed by atoms with Crippen LogP contribution in [0.2, 0.25) is 0 Å². The molecule has 2 rings (SSSR count). The van der Waals surface area contributed by atoms with E-state index in [1.165, 1.54) is 5.56 Å². The number of hydrogen-bond acceptors (Lipinski definition) is 3. The van der Waals surface area contributed by atoms with Crippen LogP contribution in [0.5, 0.6) is 0 Å². The van der Waals surface area contributed by atoms with Crippen molar-refractivity contribution in [2.24, 2.45) is 12.8 Å². The predicted octanol–water partition coefficient (Wildman–Crippen LogP) is 1.73. The maximum absolute atomic E-state index is 5.75. The summed E-state index contributed by atoms with van der Waals surface area (Å²) in [5.41, 5.74) is 8.97. The number of nitrogens with zero attached hydrogens (tertiary/aromatic N) is 3. The van der Waals surface area contributed by atoms with Crippen molar-refractivity contribution in [3.63, 3.8) is 0 Å². The van der Waals surface area contributed by atoms with E-state index in [0.717, 1.165) is 24.2 Å². The fourth-order valence-corrected chi connectivity index (χ4v) is 2.21. The first-order valence-electron chi connectivity index (χ1n) is 6.15. The molecule has 0 amide bonds. The van der Waals surface area contributed by atoms with Gasteiger partial charge in [-0.25, -0.2) is 0 Å². The van der Waals surface area contributed by atoms with Gasteiger partial charge in [0.2, 0.25) is 0 Å². The molecule has 0 radical (unpaired) electrons. The molecule has 0 spiro atoms. The molecular weight excluding hydrogens is 256 g/mol. The number of aryl methyl sites for hydroxylation is 1. The van der Waals surface area contributed by atoms with E-state index in [1.54, 1.807) is 0 Å². The summed E-state index contributed by atoms with van der Waals surface area (Å²) in [6.45, 7) is 0.894. The summed E-state index contributed by atoms with van der Waals surface area (Å²) >= 11 is 5.09. The summed E-state index contributed by atoms with van der Waals surface area (Å²) < 4.78 is 1.82. The van der Waals surface area contributed by atoms with Gasteiger partial charge in [0.05, 0.1) is 6.20 Å². The second kappa shape index (κ2) is 5.84. The SMILES string of the molecule is CN(CCc1cnn(C)c1)c1ccccc1C(N)=S. The molecule has 0 aliphatic heterocycles. The van der Waals surface area contributed by atoms with Gasteiger partial charge < -0.3 is 10.6 Å². The zero-order chi connectivity index (χ0) is 13.8. The van der Waals surface area contributed by atoms with Gasteiger partial charge in [-0.2, -0.15) is 5.10 Å². The number of hydrogen-bond donors (Lipinski definition) is 1. The van der Waals surface area contributed by atoms with Gasteiger partial charge in [0, 0.05) is 38.1 Å². The van der Waals surface area contributed by atoms with Crippen LogP contribution in [0, 0.1) is 0 Å². The lowest BCUT2D eigenvalue weighted by molar-refractivity contribution is 0.766. The Morgan fingerprint density at radius 2 is 2.16 bits per heavy atom. The highest BCUT2D eigenvalue weighted by molar-refractivity contribution is 7.80. The zero-order valence-electron chi connectivity index (χ0n) is 11.2. The number of anilines is 1. The third kappa shape index (κ3) is 3.32. The number of aromatic nitrogens is 2. The molecule has 1 aromatic heterocycles. The van der Waals surface area contributed by atoms with Crippen LogP contribution in [-0.2, 0) is 13.5 Å². The van der Waals surface area contributed by atoms with E-state index in [1.807, 2.05) is 55.4 Å². The maximum atomic E-state index is 5.75. The molecular formula is C14H18N4S. The van der Waals surface area contributed by atoms with Gasteiger partial charge in [0.15, 0.2) is 0 Å². The van der Waals surface area contributed by atoms with Crippen molar-refractivity contribution in [1.29, 1.82) is 0 Å². The molecule has 0 aliphatic rings. The molecule has 100 valence electrons. The second-order valence-electron chi connectivity index (χ2n) is 4.58. The van der Waals surface area contributed by atoms with Crippen LogP contribution < -0.4 is 10.6 Å². The topological polar surface area (TPSA) is 47.1 Å². The van der Waals surface area contributed by atoms with E-state index in [4.69, 9.17) is 18.0 Å². The lowest BCUT2D eigenvalue weighted by Crippen LogP contribution is -2.24. The maximum Gasteiger partial charge on any atom is 0.106 e. The summed E-state index contributed by atoms with van der Waals surface area (Å²) in [5.74, 6) is 0. The van der Waals surface area contributed by atoms with Crippen molar-refractivity contribution in [3.8, 4) is 0 Å². The van der Waals surface area contributed by atoms with Crippen molar-refractivity contribution in [1.82, 2.24) is 9.78 Å². The van der Waals surface area contributed by atoms with Gasteiger partial charge in [-0.1, -0.05) is 24.4 Å². The monoisotopic (exact) mass is 274 g/mol. The molecule has 19 heavy (non-hydrogen) atoms. The van der Waals surface area contributed by atoms with Crippen LogP contribution in [0.4, 0.5) is 5.69 Å². The zero-order valence-corrected chi connectivity index (χ0v) is 12.0. The fourth-order valence-electron chi connectivity index (χ4n) is 2.03. The van der Waals surface area contributed by atoms with Gasteiger partial charge in [-0.3, -0.25) is 4.68 Å². The summed E-state index contributed by atoms with van der Waals surface area (Å²) in [4.78, 5) is 2.60. The molecule has 0 atom stereocenters. The lowest BCUT2D eigenvalue weighted by Gasteiger charge is -2.21. The van der Waals surface area contributed by atoms with Gasteiger partial charge in [-0.05, 0) is 24.1 Å². The summed E-state index contributed by atoms with van der Waals surface area (Å²) in [6, 6.07) is 7.95. The summed E-state index contributed by atoms with van der Waals surface area (Å²) in [6.07, 6.45) is 4.87. The molecule has 2 N–H and O–H groups in total. The normalized spacial score (nSPS) is 10.4. The molecule has 2 aromatic rings. The average molecular weight is 274 g/mol. The number of benzene rings is 1. The third-order valence-electron chi connectivity index (χ3n) is 3.07. The number of likely N-dealkylation sites (N-methyl/N-ethyl adjacent to an activating group) is 1. The van der Waals surface area contributed by atoms with Crippen LogP contribution in [-0.4, -0.2) is 28.4 Å². The molecule has 0 unspecified atom stereocenters. The minimum Gasteiger partial charge on any atom is -0.389 e. The number of thiocarbonyl (C=S) groups is 1. The van der Waals surface area contributed by atoms with Crippen molar-refractivity contribution in [2.75, 3.05) is 18.5 Å². The van der Waals surface area contributed by atoms with Gasteiger partial charge >= 0.3 is 0 Å². The molecule has 5 heteroatoms. The first kappa shape index (κ1) is 13.5. The average Bonchev–Trinajstić information content (AvgIpc) is 2.81. The Morgan fingerprint density at radius 1 is 1.42 bits per heavy atom. The van der Waals surface area contributed by atoms with E-state index in [2.05, 4.69) is 10.00 Å². The van der Waals surface area contributed by atoms with Crippen LogP contribution in [0.25, 0.3) is 0 Å². The Labute approximate surface area is 118 Å². The minimum atomic E-state index is 0.434. The quantitative estimate of drug-likeness (QED) is 0.844. The highest BCUT2D eigenvalue weighted by Gasteiger charge is 2.09. The Balaban J connectivity index is 2.07. The van der Waals surface area contributed by atoms with E-state index in [-0.39, 0.29) is 0 Å². The van der Waals surface area contributed by atoms with Crippen LogP contribution in [0.15, 0.2) is 36.7 Å². The number of rotatable bonds is 5. The summed E-state index contributed by atoms with van der Waals surface area (Å²) in [7, 11) is 3.98. The van der Waals surface area contributed by atoms with Crippen LogP contribution in [0.3, 0.4) is 0 Å². The van der Waals surface area contributed by atoms with E-state index < -0.39 is 0 Å².